The molecule has 0 radical (unpaired) electrons. The van der Waals surface area contributed by atoms with Crippen LogP contribution in [0.15, 0.2) is 18.2 Å². The Hall–Kier alpha value is -1.71. The van der Waals surface area contributed by atoms with Crippen molar-refractivity contribution in [1.82, 2.24) is 0 Å². The molecule has 0 amide bonds. The van der Waals surface area contributed by atoms with Gasteiger partial charge in [-0.25, -0.2) is 0 Å². The van der Waals surface area contributed by atoms with Crippen molar-refractivity contribution in [2.24, 2.45) is 0 Å². The molecule has 1 aromatic carbocycles. The molecular formula is C13H17NO3. The van der Waals surface area contributed by atoms with Gasteiger partial charge in [-0.2, -0.15) is 0 Å². The first-order valence-electron chi connectivity index (χ1n) is 5.65. The van der Waals surface area contributed by atoms with Gasteiger partial charge in [0, 0.05) is 13.6 Å². The fourth-order valence-electron chi connectivity index (χ4n) is 2.37. The van der Waals surface area contributed by atoms with Gasteiger partial charge in [0.05, 0.1) is 25.8 Å². The fraction of sp³-hybridized carbons (Fsp3) is 0.462. The van der Waals surface area contributed by atoms with Crippen LogP contribution in [0.25, 0.3) is 0 Å². The lowest BCUT2D eigenvalue weighted by molar-refractivity contribution is -0.142. The zero-order valence-corrected chi connectivity index (χ0v) is 10.4. The molecule has 2 rings (SSSR count). The Bertz CT molecular complexity index is 431. The molecule has 92 valence electrons. The van der Waals surface area contributed by atoms with Crippen LogP contribution in [-0.4, -0.2) is 33.8 Å². The second-order valence-corrected chi connectivity index (χ2v) is 4.18. The van der Waals surface area contributed by atoms with E-state index in [9.17, 15) is 4.79 Å². The van der Waals surface area contributed by atoms with Crippen molar-refractivity contribution in [1.29, 1.82) is 0 Å². The van der Waals surface area contributed by atoms with Crippen LogP contribution in [0.1, 0.15) is 17.9 Å². The molecule has 1 aliphatic rings. The molecule has 0 N–H and O–H groups in total. The smallest absolute Gasteiger partial charge is 0.313 e. The van der Waals surface area contributed by atoms with Gasteiger partial charge < -0.3 is 14.4 Å². The van der Waals surface area contributed by atoms with E-state index in [-0.39, 0.29) is 11.9 Å². The van der Waals surface area contributed by atoms with E-state index < -0.39 is 0 Å². The number of ether oxygens (including phenoxy) is 2. The van der Waals surface area contributed by atoms with Crippen LogP contribution in [0.4, 0.5) is 5.69 Å². The van der Waals surface area contributed by atoms with Crippen molar-refractivity contribution < 1.29 is 14.3 Å². The lowest BCUT2D eigenvalue weighted by Gasteiger charge is -2.32. The minimum Gasteiger partial charge on any atom is -0.495 e. The minimum atomic E-state index is -0.179. The monoisotopic (exact) mass is 235 g/mol. The van der Waals surface area contributed by atoms with Crippen molar-refractivity contribution in [3.8, 4) is 5.75 Å². The Labute approximate surface area is 101 Å². The summed E-state index contributed by atoms with van der Waals surface area (Å²) in [4.78, 5) is 13.9. The van der Waals surface area contributed by atoms with Gasteiger partial charge in [-0.3, -0.25) is 4.79 Å². The highest BCUT2D eigenvalue weighted by molar-refractivity contribution is 5.83. The number of rotatable bonds is 2. The molecule has 1 aliphatic heterocycles. The van der Waals surface area contributed by atoms with Gasteiger partial charge in [0.25, 0.3) is 0 Å². The molecule has 0 saturated heterocycles. The van der Waals surface area contributed by atoms with Crippen molar-refractivity contribution in [2.75, 3.05) is 32.7 Å². The number of carbonyl (C=O) groups is 1. The zero-order valence-electron chi connectivity index (χ0n) is 10.4. The number of anilines is 1. The molecular weight excluding hydrogens is 218 g/mol. The summed E-state index contributed by atoms with van der Waals surface area (Å²) in [6.45, 7) is 0.827. The maximum atomic E-state index is 11.8. The van der Waals surface area contributed by atoms with Gasteiger partial charge in [-0.05, 0) is 18.1 Å². The third-order valence-electron chi connectivity index (χ3n) is 3.25. The standard InChI is InChI=1S/C13H17NO3/c1-14-8-7-10(13(15)17-3)9-5-4-6-11(16-2)12(9)14/h4-6,10H,7-8H2,1-3H3. The minimum absolute atomic E-state index is 0.174. The van der Waals surface area contributed by atoms with Crippen LogP contribution in [0, 0.1) is 0 Å². The fourth-order valence-corrected chi connectivity index (χ4v) is 2.37. The Morgan fingerprint density at radius 3 is 2.82 bits per heavy atom. The van der Waals surface area contributed by atoms with Crippen molar-refractivity contribution in [3.05, 3.63) is 23.8 Å². The number of fused-ring (bicyclic) bond motifs is 1. The first-order valence-corrected chi connectivity index (χ1v) is 5.65. The Kier molecular flexibility index (Phi) is 3.22. The van der Waals surface area contributed by atoms with E-state index in [4.69, 9.17) is 9.47 Å². The molecule has 1 heterocycles. The molecule has 4 heteroatoms. The quantitative estimate of drug-likeness (QED) is 0.733. The van der Waals surface area contributed by atoms with Crippen LogP contribution in [0.3, 0.4) is 0 Å². The summed E-state index contributed by atoms with van der Waals surface area (Å²) in [5, 5.41) is 0. The summed E-state index contributed by atoms with van der Waals surface area (Å²) in [5.41, 5.74) is 1.99. The third kappa shape index (κ3) is 1.95. The summed E-state index contributed by atoms with van der Waals surface area (Å²) < 4.78 is 10.2. The number of esters is 1. The second-order valence-electron chi connectivity index (χ2n) is 4.18. The SMILES string of the molecule is COC(=O)C1CCN(C)c2c(OC)cccc21. The Morgan fingerprint density at radius 2 is 2.18 bits per heavy atom. The van der Waals surface area contributed by atoms with Crippen LogP contribution >= 0.6 is 0 Å². The topological polar surface area (TPSA) is 38.8 Å². The predicted octanol–water partition coefficient (Wildman–Crippen LogP) is 1.79. The van der Waals surface area contributed by atoms with E-state index >= 15 is 0 Å². The Morgan fingerprint density at radius 1 is 1.41 bits per heavy atom. The van der Waals surface area contributed by atoms with Crippen LogP contribution in [0.5, 0.6) is 5.75 Å². The Balaban J connectivity index is 2.49. The largest absolute Gasteiger partial charge is 0.495 e. The van der Waals surface area contributed by atoms with E-state index in [0.717, 1.165) is 30.0 Å². The highest BCUT2D eigenvalue weighted by atomic mass is 16.5. The van der Waals surface area contributed by atoms with Crippen molar-refractivity contribution >= 4 is 11.7 Å². The zero-order chi connectivity index (χ0) is 12.4. The average molecular weight is 235 g/mol. The molecule has 1 aromatic rings. The van der Waals surface area contributed by atoms with E-state index in [2.05, 4.69) is 4.90 Å². The van der Waals surface area contributed by atoms with Crippen molar-refractivity contribution in [2.45, 2.75) is 12.3 Å². The van der Waals surface area contributed by atoms with E-state index in [1.165, 1.54) is 7.11 Å². The number of carbonyl (C=O) groups excluding carboxylic acids is 1. The molecule has 0 bridgehead atoms. The van der Waals surface area contributed by atoms with E-state index in [0.29, 0.717) is 0 Å². The maximum absolute atomic E-state index is 11.8. The number of methoxy groups -OCH3 is 2. The first-order chi connectivity index (χ1) is 8.19. The van der Waals surface area contributed by atoms with Gasteiger partial charge in [-0.1, -0.05) is 12.1 Å². The van der Waals surface area contributed by atoms with Crippen LogP contribution < -0.4 is 9.64 Å². The first kappa shape index (κ1) is 11.8. The highest BCUT2D eigenvalue weighted by Gasteiger charge is 2.31. The van der Waals surface area contributed by atoms with E-state index in [1.54, 1.807) is 7.11 Å². The highest BCUT2D eigenvalue weighted by Crippen LogP contribution is 2.41. The molecule has 0 aliphatic carbocycles. The summed E-state index contributed by atoms with van der Waals surface area (Å²) in [6, 6.07) is 5.79. The molecule has 0 aromatic heterocycles. The van der Waals surface area contributed by atoms with E-state index in [1.807, 2.05) is 25.2 Å². The van der Waals surface area contributed by atoms with Gasteiger partial charge in [-0.15, -0.1) is 0 Å². The molecule has 4 nitrogen and oxygen atoms in total. The number of hydrogen-bond donors (Lipinski definition) is 0. The predicted molar refractivity (Wildman–Crippen MR) is 65.6 cm³/mol. The molecule has 1 unspecified atom stereocenters. The normalized spacial score (nSPS) is 18.5. The molecule has 0 saturated carbocycles. The lowest BCUT2D eigenvalue weighted by atomic mass is 9.90. The van der Waals surface area contributed by atoms with Crippen molar-refractivity contribution in [3.63, 3.8) is 0 Å². The van der Waals surface area contributed by atoms with Gasteiger partial charge in [0.2, 0.25) is 0 Å². The average Bonchev–Trinajstić information content (AvgIpc) is 2.37. The lowest BCUT2D eigenvalue weighted by Crippen LogP contribution is -2.31. The summed E-state index contributed by atoms with van der Waals surface area (Å²) in [7, 11) is 5.08. The molecule has 17 heavy (non-hydrogen) atoms. The number of hydrogen-bond acceptors (Lipinski definition) is 4. The number of para-hydroxylation sites is 1. The van der Waals surface area contributed by atoms with Gasteiger partial charge in [0.15, 0.2) is 0 Å². The third-order valence-corrected chi connectivity index (χ3v) is 3.25. The molecule has 0 spiro atoms. The molecule has 1 atom stereocenters. The van der Waals surface area contributed by atoms with Gasteiger partial charge in [0.1, 0.15) is 5.75 Å². The summed E-state index contributed by atoms with van der Waals surface area (Å²) >= 11 is 0. The molecule has 0 fully saturated rings. The summed E-state index contributed by atoms with van der Waals surface area (Å²) in [5.74, 6) is 0.451. The maximum Gasteiger partial charge on any atom is 0.313 e. The van der Waals surface area contributed by atoms with Crippen LogP contribution in [-0.2, 0) is 9.53 Å². The number of benzene rings is 1. The van der Waals surface area contributed by atoms with Gasteiger partial charge >= 0.3 is 5.97 Å². The van der Waals surface area contributed by atoms with Crippen LogP contribution in [0.2, 0.25) is 0 Å². The second kappa shape index (κ2) is 4.65. The summed E-state index contributed by atoms with van der Waals surface area (Å²) in [6.07, 6.45) is 0.781. The number of nitrogens with zero attached hydrogens (tertiary/aromatic N) is 1.